The van der Waals surface area contributed by atoms with Crippen LogP contribution in [0.3, 0.4) is 0 Å². The van der Waals surface area contributed by atoms with E-state index in [1.807, 2.05) is 24.3 Å². The Balaban J connectivity index is 1.79. The molecule has 0 radical (unpaired) electrons. The Hall–Kier alpha value is -1.99. The molecule has 0 spiro atoms. The van der Waals surface area contributed by atoms with Crippen molar-refractivity contribution in [3.63, 3.8) is 0 Å². The van der Waals surface area contributed by atoms with Gasteiger partial charge in [-0.15, -0.1) is 0 Å². The van der Waals surface area contributed by atoms with Gasteiger partial charge in [0.1, 0.15) is 11.5 Å². The van der Waals surface area contributed by atoms with Crippen molar-refractivity contribution in [2.24, 2.45) is 4.99 Å². The molecule has 2 heterocycles. The lowest BCUT2D eigenvalue weighted by Gasteiger charge is -2.32. The smallest absolute Gasteiger partial charge is 0.286 e. The molecule has 0 saturated carbocycles. The first-order valence-electron chi connectivity index (χ1n) is 7.79. The number of likely N-dealkylation sites (N-methyl/N-ethyl adjacent to an activating group) is 1. The minimum atomic E-state index is -0.196. The maximum atomic E-state index is 12.3. The van der Waals surface area contributed by atoms with Gasteiger partial charge in [-0.2, -0.15) is 4.99 Å². The summed E-state index contributed by atoms with van der Waals surface area (Å²) in [5.41, 5.74) is 0.808. The van der Waals surface area contributed by atoms with Crippen LogP contribution in [0.25, 0.3) is 6.08 Å². The lowest BCUT2D eigenvalue weighted by Crippen LogP contribution is -2.46. The number of carbonyl (C=O) groups excluding carboxylic acids is 1. The summed E-state index contributed by atoms with van der Waals surface area (Å²) in [6, 6.07) is 5.52. The highest BCUT2D eigenvalue weighted by molar-refractivity contribution is 8.18. The van der Waals surface area contributed by atoms with Crippen molar-refractivity contribution in [1.82, 2.24) is 9.80 Å². The maximum Gasteiger partial charge on any atom is 0.286 e. The van der Waals surface area contributed by atoms with Crippen molar-refractivity contribution >= 4 is 28.9 Å². The van der Waals surface area contributed by atoms with Crippen molar-refractivity contribution in [2.45, 2.75) is 0 Å². The van der Waals surface area contributed by atoms with Gasteiger partial charge in [0.05, 0.1) is 19.1 Å². The number of nitrogens with zero attached hydrogens (tertiary/aromatic N) is 3. The van der Waals surface area contributed by atoms with Gasteiger partial charge in [-0.25, -0.2) is 0 Å². The Morgan fingerprint density at radius 1 is 1.17 bits per heavy atom. The van der Waals surface area contributed by atoms with Crippen LogP contribution in [0.5, 0.6) is 11.5 Å². The highest BCUT2D eigenvalue weighted by Gasteiger charge is 2.28. The number of benzene rings is 1. The zero-order valence-electron chi connectivity index (χ0n) is 14.1. The molecule has 0 bridgehead atoms. The van der Waals surface area contributed by atoms with E-state index < -0.39 is 0 Å². The molecule has 1 aromatic carbocycles. The second-order valence-corrected chi connectivity index (χ2v) is 6.72. The molecule has 0 N–H and O–H groups in total. The zero-order valence-corrected chi connectivity index (χ0v) is 14.9. The second-order valence-electron chi connectivity index (χ2n) is 5.71. The average Bonchev–Trinajstić information content (AvgIpc) is 2.96. The Kier molecular flexibility index (Phi) is 5.11. The minimum absolute atomic E-state index is 0.196. The summed E-state index contributed by atoms with van der Waals surface area (Å²) in [6.07, 6.45) is 1.82. The van der Waals surface area contributed by atoms with Crippen LogP contribution in [-0.4, -0.2) is 68.3 Å². The summed E-state index contributed by atoms with van der Waals surface area (Å²) >= 11 is 1.43. The van der Waals surface area contributed by atoms with Crippen LogP contribution < -0.4 is 9.47 Å². The number of aliphatic imine (C=N–C) groups is 1. The Labute approximate surface area is 146 Å². The van der Waals surface area contributed by atoms with Crippen molar-refractivity contribution in [2.75, 3.05) is 47.4 Å². The average molecular weight is 347 g/mol. The molecule has 0 aliphatic carbocycles. The highest BCUT2D eigenvalue weighted by Crippen LogP contribution is 2.33. The van der Waals surface area contributed by atoms with Crippen molar-refractivity contribution < 1.29 is 14.3 Å². The number of methoxy groups -OCH3 is 2. The van der Waals surface area contributed by atoms with E-state index in [4.69, 9.17) is 9.47 Å². The maximum absolute atomic E-state index is 12.3. The lowest BCUT2D eigenvalue weighted by molar-refractivity contribution is -0.113. The first kappa shape index (κ1) is 16.9. The summed E-state index contributed by atoms with van der Waals surface area (Å²) < 4.78 is 10.6. The topological polar surface area (TPSA) is 54.4 Å². The molecule has 2 aliphatic rings. The van der Waals surface area contributed by atoms with Crippen LogP contribution in [0.1, 0.15) is 5.56 Å². The van der Waals surface area contributed by atoms with E-state index in [0.717, 1.165) is 42.7 Å². The summed E-state index contributed by atoms with van der Waals surface area (Å²) in [5, 5.41) is 0.793. The first-order chi connectivity index (χ1) is 11.6. The van der Waals surface area contributed by atoms with Gasteiger partial charge in [0, 0.05) is 31.7 Å². The third-order valence-corrected chi connectivity index (χ3v) is 5.15. The minimum Gasteiger partial charge on any atom is -0.497 e. The standard InChI is InChI=1S/C17H21N3O3S/c1-19-6-8-20(9-7-19)17-18-16(21)15(24-17)11-12-10-13(22-2)4-5-14(12)23-3/h4-5,10-11H,6-9H2,1-3H3/b15-11-. The third kappa shape index (κ3) is 3.57. The molecule has 0 unspecified atom stereocenters. The van der Waals surface area contributed by atoms with E-state index >= 15 is 0 Å². The Bertz CT molecular complexity index is 694. The number of hydrogen-bond donors (Lipinski definition) is 0. The van der Waals surface area contributed by atoms with E-state index in [-0.39, 0.29) is 5.91 Å². The fourth-order valence-electron chi connectivity index (χ4n) is 2.62. The molecule has 24 heavy (non-hydrogen) atoms. The van der Waals surface area contributed by atoms with Gasteiger partial charge in [0.15, 0.2) is 5.17 Å². The molecule has 1 aromatic rings. The van der Waals surface area contributed by atoms with Crippen LogP contribution in [0, 0.1) is 0 Å². The fourth-order valence-corrected chi connectivity index (χ4v) is 3.58. The number of carbonyl (C=O) groups is 1. The van der Waals surface area contributed by atoms with E-state index in [0.29, 0.717) is 10.7 Å². The van der Waals surface area contributed by atoms with Crippen LogP contribution in [0.4, 0.5) is 0 Å². The molecule has 0 aromatic heterocycles. The second kappa shape index (κ2) is 7.27. The number of hydrogen-bond acceptors (Lipinski definition) is 6. The molecule has 128 valence electrons. The van der Waals surface area contributed by atoms with Gasteiger partial charge in [0.2, 0.25) is 0 Å². The highest BCUT2D eigenvalue weighted by atomic mass is 32.2. The summed E-state index contributed by atoms with van der Waals surface area (Å²) in [6.45, 7) is 3.75. The molecule has 1 amide bonds. The molecule has 1 saturated heterocycles. The molecule has 7 heteroatoms. The summed E-state index contributed by atoms with van der Waals surface area (Å²) in [5.74, 6) is 1.22. The van der Waals surface area contributed by atoms with Gasteiger partial charge >= 0.3 is 0 Å². The monoisotopic (exact) mass is 347 g/mol. The number of amidine groups is 1. The van der Waals surface area contributed by atoms with Crippen molar-refractivity contribution in [3.05, 3.63) is 28.7 Å². The first-order valence-corrected chi connectivity index (χ1v) is 8.60. The predicted molar refractivity (Wildman–Crippen MR) is 96.6 cm³/mol. The summed E-state index contributed by atoms with van der Waals surface area (Å²) in [7, 11) is 5.33. The molecule has 1 fully saturated rings. The quantitative estimate of drug-likeness (QED) is 0.779. The van der Waals surface area contributed by atoms with Gasteiger partial charge < -0.3 is 19.3 Å². The molecular formula is C17H21N3O3S. The molecule has 3 rings (SSSR count). The SMILES string of the molecule is COc1ccc(OC)c(/C=C2\SC(N3CCN(C)CC3)=NC2=O)c1. The number of ether oxygens (including phenoxy) is 2. The van der Waals surface area contributed by atoms with E-state index in [1.54, 1.807) is 14.2 Å². The van der Waals surface area contributed by atoms with Gasteiger partial charge in [0.25, 0.3) is 5.91 Å². The lowest BCUT2D eigenvalue weighted by atomic mass is 10.1. The van der Waals surface area contributed by atoms with Crippen molar-refractivity contribution in [1.29, 1.82) is 0 Å². The van der Waals surface area contributed by atoms with E-state index in [2.05, 4.69) is 21.8 Å². The molecular weight excluding hydrogens is 326 g/mol. The van der Waals surface area contributed by atoms with Gasteiger partial charge in [-0.3, -0.25) is 4.79 Å². The largest absolute Gasteiger partial charge is 0.497 e. The van der Waals surface area contributed by atoms with Crippen LogP contribution in [-0.2, 0) is 4.79 Å². The fraction of sp³-hybridized carbons (Fsp3) is 0.412. The van der Waals surface area contributed by atoms with Gasteiger partial charge in [-0.05, 0) is 43.1 Å². The number of rotatable bonds is 3. The Morgan fingerprint density at radius 2 is 1.92 bits per heavy atom. The van der Waals surface area contributed by atoms with Gasteiger partial charge in [-0.1, -0.05) is 0 Å². The number of piperazine rings is 1. The van der Waals surface area contributed by atoms with Crippen molar-refractivity contribution in [3.8, 4) is 11.5 Å². The number of thioether (sulfide) groups is 1. The Morgan fingerprint density at radius 3 is 2.58 bits per heavy atom. The molecule has 6 nitrogen and oxygen atoms in total. The van der Waals surface area contributed by atoms with Crippen LogP contribution in [0.15, 0.2) is 28.1 Å². The zero-order chi connectivity index (χ0) is 17.1. The predicted octanol–water partition coefficient (Wildman–Crippen LogP) is 1.92. The van der Waals surface area contributed by atoms with E-state index in [1.165, 1.54) is 11.8 Å². The number of amides is 1. The third-order valence-electron chi connectivity index (χ3n) is 4.11. The molecule has 0 atom stereocenters. The van der Waals surface area contributed by atoms with Crippen LogP contribution >= 0.6 is 11.8 Å². The van der Waals surface area contributed by atoms with E-state index in [9.17, 15) is 4.79 Å². The summed E-state index contributed by atoms with van der Waals surface area (Å²) in [4.78, 5) is 21.5. The van der Waals surface area contributed by atoms with Crippen LogP contribution in [0.2, 0.25) is 0 Å². The normalized spacial score (nSPS) is 20.5. The molecule has 2 aliphatic heterocycles.